The lowest BCUT2D eigenvalue weighted by molar-refractivity contribution is -0.136. The molecule has 0 amide bonds. The number of aliphatic hydroxyl groups is 4. The Morgan fingerprint density at radius 2 is 0.613 bits per heavy atom. The Bertz CT molecular complexity index is 5790. The van der Waals surface area contributed by atoms with E-state index >= 15 is 0 Å². The zero-order valence-corrected chi connectivity index (χ0v) is 82.6. The third-order valence-electron chi connectivity index (χ3n) is 43.4. The molecule has 4 heterocycles. The third kappa shape index (κ3) is 17.4. The number of fused-ring (bicyclic) bond motifs is 24. The molecule has 137 heavy (non-hydrogen) atoms. The van der Waals surface area contributed by atoms with E-state index in [-0.39, 0.29) is 118 Å². The lowest BCUT2D eigenvalue weighted by Crippen LogP contribution is -2.52. The van der Waals surface area contributed by atoms with Crippen LogP contribution in [0.1, 0.15) is 299 Å². The van der Waals surface area contributed by atoms with Crippen molar-refractivity contribution in [1.29, 1.82) is 0 Å². The van der Waals surface area contributed by atoms with E-state index in [9.17, 15) is 57.2 Å². The minimum absolute atomic E-state index is 0.0390. The van der Waals surface area contributed by atoms with Crippen molar-refractivity contribution in [3.63, 3.8) is 0 Å². The Hall–Kier alpha value is -7.32. The van der Waals surface area contributed by atoms with E-state index in [4.69, 9.17) is 4.74 Å². The van der Waals surface area contributed by atoms with Crippen LogP contribution in [0.3, 0.4) is 0 Å². The number of aromatic nitrogens is 12. The van der Waals surface area contributed by atoms with Crippen LogP contribution in [-0.2, 0) is 50.1 Å². The third-order valence-corrected chi connectivity index (χ3v) is 43.4. The van der Waals surface area contributed by atoms with E-state index in [1.54, 1.807) is 45.4 Å². The van der Waals surface area contributed by atoms with Crippen LogP contribution in [0.5, 0.6) is 0 Å². The summed E-state index contributed by atoms with van der Waals surface area (Å²) in [5.74, 6) is 14.0. The Labute approximate surface area is 805 Å². The molecule has 4 aromatic carbocycles. The number of hydrogen-bond donors (Lipinski definition) is 4. The fourth-order valence-corrected chi connectivity index (χ4v) is 36.5. The van der Waals surface area contributed by atoms with Gasteiger partial charge in [-0.3, -0.25) is 19.2 Å². The van der Waals surface area contributed by atoms with Gasteiger partial charge in [0.25, 0.3) is 0 Å². The molecule has 16 saturated carbocycles. The van der Waals surface area contributed by atoms with Gasteiger partial charge in [0.15, 0.2) is 23.1 Å². The number of rotatable bonds is 17. The lowest BCUT2D eigenvalue weighted by atomic mass is 9.48. The molecule has 21 nitrogen and oxygen atoms in total. The van der Waals surface area contributed by atoms with Gasteiger partial charge in [0, 0.05) is 55.0 Å². The fraction of sp³-hybridized carbons (Fsp3) is 0.750. The quantitative estimate of drug-likeness (QED) is 0.0616. The molecule has 16 fully saturated rings. The number of ether oxygens (including phenoxy) is 1. The number of carbonyl (C=O) groups excluding carboxylic acids is 4. The van der Waals surface area contributed by atoms with Gasteiger partial charge < -0.3 is 25.2 Å². The van der Waals surface area contributed by atoms with Crippen molar-refractivity contribution in [3.05, 3.63) is 96.1 Å². The first-order valence-electron chi connectivity index (χ1n) is 54.2. The van der Waals surface area contributed by atoms with E-state index < -0.39 is 22.4 Å². The summed E-state index contributed by atoms with van der Waals surface area (Å²) in [7, 11) is 1.68. The normalized spacial score (nSPS) is 41.4. The standard InChI is InChI=1S/C28H38FN3O3.3C28H38FN3O2/c1-27-11-9-20-19-10-12-28(34,16-35-2)14-17(19)3-5-21(20)22(27)6-7-23(27)26(33)15-32-25-13-18(29)4-8-24(25)30-31-32;1-3-28(34)13-11-19-17(15-28)4-6-21-20(19)10-12-27(2)22(21)7-8-23(27)26(33)16-32-25-9-5-18(29)14-24(25)30-31-32;1-3-28(34)13-11-19-17(15-28)4-6-21-20(19)10-12-27(2)22(21)7-8-23(27)26(33)16-32-25-14-18(29)5-9-24(25)30-31-32;1-3-28(34)13-11-19-17(15-28)4-6-21-20(19)10-12-27(2)22(21)7-8-23(27)26(33)16-32-30-24-9-5-18(29)14-25(24)31-32/h4,8,13,17,19-23,34H,3,5-7,9-12,14-16H2,1-2H3;3*5,9,14,17,19-23,34H,3-4,6-8,10-13,15-16H2,1-2H3/t4*17-,19-,20+,21+,22-,23+,27-,28+/m0000/s1. The number of carbonyl (C=O) groups is 4. The Balaban J connectivity index is 0.000000109. The summed E-state index contributed by atoms with van der Waals surface area (Å²) in [6.45, 7) is 17.1. The molecule has 0 radical (unpaired) electrons. The van der Waals surface area contributed by atoms with Crippen LogP contribution in [0.15, 0.2) is 72.8 Å². The summed E-state index contributed by atoms with van der Waals surface area (Å²) in [6, 6.07) is 17.7. The van der Waals surface area contributed by atoms with Gasteiger partial charge in [0.2, 0.25) is 0 Å². The molecule has 32 atom stereocenters. The van der Waals surface area contributed by atoms with Crippen molar-refractivity contribution in [1.82, 2.24) is 60.0 Å². The molecular weight excluding hydrogens is 1730 g/mol. The van der Waals surface area contributed by atoms with Crippen molar-refractivity contribution in [2.75, 3.05) is 13.7 Å². The molecule has 8 aromatic rings. The van der Waals surface area contributed by atoms with Gasteiger partial charge in [-0.2, -0.15) is 15.0 Å². The molecular formula is C112H152F4N12O9. The van der Waals surface area contributed by atoms with Crippen LogP contribution in [-0.4, -0.2) is 140 Å². The van der Waals surface area contributed by atoms with Crippen molar-refractivity contribution in [2.24, 2.45) is 164 Å². The first-order chi connectivity index (χ1) is 65.7. The summed E-state index contributed by atoms with van der Waals surface area (Å²) < 4.78 is 64.8. The average Bonchev–Trinajstić information content (AvgIpc) is 1.61. The van der Waals surface area contributed by atoms with Crippen LogP contribution in [0.2, 0.25) is 0 Å². The van der Waals surface area contributed by atoms with Crippen molar-refractivity contribution < 1.29 is 61.9 Å². The highest BCUT2D eigenvalue weighted by Gasteiger charge is 2.65. The average molecular weight is 1890 g/mol. The predicted octanol–water partition coefficient (Wildman–Crippen LogP) is 21.4. The SMILES string of the molecule is CC[C@@]1(O)CC[C@H]2[C@@H](CC[C@@H]3[C@@H]2CC[C@]2(C)[C@@H](C(=O)Cn4nc5ccc(F)cc5n4)CC[C@@H]32)C1.CC[C@@]1(O)CC[C@H]2[C@@H](CC[C@@H]3[C@@H]2CC[C@]2(C)[C@@H](C(=O)Cn4nnc5cc(F)ccc54)CC[C@@H]32)C1.CC[C@@]1(O)CC[C@H]2[C@@H](CC[C@@H]3[C@@H]2CC[C@]2(C)[C@@H](C(=O)Cn4nnc5ccc(F)cc54)CC[C@@H]32)C1.COC[C@@]1(O)CC[C@H]2[C@@H](CC[C@@H]3[C@@H]2CC[C@]2(C)[C@@H](C(=O)Cn4nnc5ccc(F)cc54)CC[C@@H]32)C1. The zero-order valence-electron chi connectivity index (χ0n) is 82.6. The highest BCUT2D eigenvalue weighted by atomic mass is 19.1. The van der Waals surface area contributed by atoms with Gasteiger partial charge in [-0.15, -0.1) is 15.3 Å². The number of nitrogens with zero attached hydrogens (tertiary/aromatic N) is 12. The maximum Gasteiger partial charge on any atom is 0.159 e. The summed E-state index contributed by atoms with van der Waals surface area (Å²) in [5, 5.41) is 77.3. The first kappa shape index (κ1) is 95.8. The number of methoxy groups -OCH3 is 1. The van der Waals surface area contributed by atoms with Gasteiger partial charge in [0.1, 0.15) is 77.0 Å². The van der Waals surface area contributed by atoms with E-state index in [0.29, 0.717) is 104 Å². The minimum Gasteiger partial charge on any atom is -0.390 e. The number of halogens is 4. The lowest BCUT2D eigenvalue weighted by Gasteiger charge is -2.57. The first-order valence-corrected chi connectivity index (χ1v) is 54.2. The summed E-state index contributed by atoms with van der Waals surface area (Å²) in [5.41, 5.74) is 3.10. The second-order valence-corrected chi connectivity index (χ2v) is 49.2. The maximum atomic E-state index is 13.8. The van der Waals surface area contributed by atoms with Crippen molar-refractivity contribution in [2.45, 2.75) is 347 Å². The zero-order chi connectivity index (χ0) is 95.4. The smallest absolute Gasteiger partial charge is 0.159 e. The number of hydrogen-bond acceptors (Lipinski definition) is 17. The van der Waals surface area contributed by atoms with Crippen LogP contribution < -0.4 is 0 Å². The number of benzene rings is 4. The van der Waals surface area contributed by atoms with Gasteiger partial charge in [0.05, 0.1) is 45.6 Å². The molecule has 4 N–H and O–H groups in total. The summed E-state index contributed by atoms with van der Waals surface area (Å²) in [4.78, 5) is 55.7. The predicted molar refractivity (Wildman–Crippen MR) is 515 cm³/mol. The highest BCUT2D eigenvalue weighted by molar-refractivity contribution is 5.87. The van der Waals surface area contributed by atoms with Crippen molar-refractivity contribution in [3.8, 4) is 0 Å². The molecule has 0 spiro atoms. The molecule has 16 aliphatic carbocycles. The van der Waals surface area contributed by atoms with Crippen LogP contribution >= 0.6 is 0 Å². The monoisotopic (exact) mass is 1890 g/mol. The maximum absolute atomic E-state index is 13.8. The second kappa shape index (κ2) is 37.1. The Morgan fingerprint density at radius 3 is 0.971 bits per heavy atom. The van der Waals surface area contributed by atoms with E-state index in [1.807, 2.05) is 0 Å². The topological polar surface area (TPSA) is 281 Å². The summed E-state index contributed by atoms with van der Waals surface area (Å²) in [6.07, 6.45) is 42.7. The number of ketones is 4. The highest BCUT2D eigenvalue weighted by Crippen LogP contribution is 2.71. The van der Waals surface area contributed by atoms with Gasteiger partial charge in [-0.05, 0) is 439 Å². The molecule has 742 valence electrons. The molecule has 0 saturated heterocycles. The van der Waals surface area contributed by atoms with Crippen LogP contribution in [0.4, 0.5) is 17.6 Å². The molecule has 25 heteroatoms. The summed E-state index contributed by atoms with van der Waals surface area (Å²) >= 11 is 0. The molecule has 0 unspecified atom stereocenters. The Kier molecular flexibility index (Phi) is 26.0. The minimum atomic E-state index is -0.648. The molecule has 4 aromatic heterocycles. The van der Waals surface area contributed by atoms with E-state index in [2.05, 4.69) is 89.6 Å². The van der Waals surface area contributed by atoms with Gasteiger partial charge in [-0.25, -0.2) is 31.6 Å². The second-order valence-electron chi connectivity index (χ2n) is 49.2. The largest absolute Gasteiger partial charge is 0.390 e. The van der Waals surface area contributed by atoms with Crippen LogP contribution in [0.25, 0.3) is 44.1 Å². The molecule has 0 aliphatic heterocycles. The van der Waals surface area contributed by atoms with Crippen molar-refractivity contribution >= 4 is 67.3 Å². The number of Topliss-reactive ketones (excluding diaryl/α,β-unsaturated/α-hetero) is 4. The molecule has 0 bridgehead atoms. The van der Waals surface area contributed by atoms with E-state index in [1.165, 1.54) is 150 Å². The van der Waals surface area contributed by atoms with Crippen LogP contribution in [0, 0.1) is 187 Å². The Morgan fingerprint density at radius 1 is 0.321 bits per heavy atom. The van der Waals surface area contributed by atoms with Gasteiger partial charge in [-0.1, -0.05) is 64.1 Å². The van der Waals surface area contributed by atoms with Gasteiger partial charge >= 0.3 is 0 Å². The molecule has 16 aliphatic rings. The van der Waals surface area contributed by atoms with E-state index in [0.717, 1.165) is 219 Å². The fourth-order valence-electron chi connectivity index (χ4n) is 36.5. The molecule has 24 rings (SSSR count).